The molecule has 2 aromatic rings. The number of aromatic amines is 1. The van der Waals surface area contributed by atoms with Gasteiger partial charge in [0.05, 0.1) is 0 Å². The lowest BCUT2D eigenvalue weighted by Crippen LogP contribution is -2.29. The number of carbonyl (C=O) groups excluding carboxylic acids is 1. The molecule has 4 N–H and O–H groups in total. The van der Waals surface area contributed by atoms with Crippen molar-refractivity contribution in [2.75, 3.05) is 6.54 Å². The average Bonchev–Trinajstić information content (AvgIpc) is 2.89. The highest BCUT2D eigenvalue weighted by molar-refractivity contribution is 5.93. The van der Waals surface area contributed by atoms with Gasteiger partial charge in [0.1, 0.15) is 5.69 Å². The first-order chi connectivity index (χ1) is 9.16. The summed E-state index contributed by atoms with van der Waals surface area (Å²) in [5.74, 6) is -0.0946. The molecule has 0 aliphatic carbocycles. The third-order valence-electron chi connectivity index (χ3n) is 2.90. The molecule has 1 atom stereocenters. The Labute approximate surface area is 125 Å². The van der Waals surface area contributed by atoms with Crippen molar-refractivity contribution in [3.05, 3.63) is 48.2 Å². The highest BCUT2D eigenvalue weighted by Gasteiger charge is 2.08. The summed E-state index contributed by atoms with van der Waals surface area (Å²) in [6.45, 7) is 2.52. The van der Waals surface area contributed by atoms with Crippen LogP contribution in [0.25, 0.3) is 11.3 Å². The summed E-state index contributed by atoms with van der Waals surface area (Å²) < 4.78 is 0. The molecule has 0 saturated carbocycles. The van der Waals surface area contributed by atoms with E-state index in [-0.39, 0.29) is 24.4 Å². The Bertz CT molecular complexity index is 537. The number of benzene rings is 1. The van der Waals surface area contributed by atoms with E-state index in [9.17, 15) is 4.79 Å². The Kier molecular flexibility index (Phi) is 6.28. The van der Waals surface area contributed by atoms with E-state index in [2.05, 4.69) is 10.3 Å². The molecule has 5 heteroatoms. The molecule has 20 heavy (non-hydrogen) atoms. The summed E-state index contributed by atoms with van der Waals surface area (Å²) in [4.78, 5) is 15.0. The van der Waals surface area contributed by atoms with Crippen molar-refractivity contribution in [1.29, 1.82) is 0 Å². The van der Waals surface area contributed by atoms with Crippen LogP contribution in [0.5, 0.6) is 0 Å². The van der Waals surface area contributed by atoms with Crippen LogP contribution in [0.4, 0.5) is 0 Å². The van der Waals surface area contributed by atoms with Crippen molar-refractivity contribution in [3.63, 3.8) is 0 Å². The van der Waals surface area contributed by atoms with Gasteiger partial charge in [-0.25, -0.2) is 0 Å². The molecule has 1 aromatic carbocycles. The first-order valence-electron chi connectivity index (χ1n) is 6.45. The topological polar surface area (TPSA) is 70.9 Å². The molecule has 1 unspecified atom stereocenters. The third kappa shape index (κ3) is 4.40. The van der Waals surface area contributed by atoms with E-state index in [1.54, 1.807) is 6.07 Å². The van der Waals surface area contributed by atoms with Crippen LogP contribution in [0.3, 0.4) is 0 Å². The van der Waals surface area contributed by atoms with Gasteiger partial charge in [-0.05, 0) is 31.0 Å². The van der Waals surface area contributed by atoms with Gasteiger partial charge in [-0.15, -0.1) is 12.4 Å². The number of nitrogens with one attached hydrogen (secondary N) is 2. The Morgan fingerprint density at radius 3 is 2.60 bits per heavy atom. The Morgan fingerprint density at radius 2 is 1.95 bits per heavy atom. The second-order valence-corrected chi connectivity index (χ2v) is 4.67. The lowest BCUT2D eigenvalue weighted by molar-refractivity contribution is 0.0948. The minimum absolute atomic E-state index is 0. The molecule has 4 nitrogen and oxygen atoms in total. The number of amides is 1. The largest absolute Gasteiger partial charge is 0.351 e. The molecule has 0 saturated heterocycles. The van der Waals surface area contributed by atoms with Crippen molar-refractivity contribution in [1.82, 2.24) is 10.3 Å². The monoisotopic (exact) mass is 293 g/mol. The van der Waals surface area contributed by atoms with Crippen LogP contribution in [0.15, 0.2) is 42.5 Å². The maximum atomic E-state index is 11.9. The lowest BCUT2D eigenvalue weighted by atomic mass is 10.2. The van der Waals surface area contributed by atoms with Gasteiger partial charge in [0.25, 0.3) is 5.91 Å². The van der Waals surface area contributed by atoms with Gasteiger partial charge in [-0.2, -0.15) is 0 Å². The van der Waals surface area contributed by atoms with Crippen LogP contribution in [0.2, 0.25) is 0 Å². The van der Waals surface area contributed by atoms with Crippen molar-refractivity contribution in [2.24, 2.45) is 5.73 Å². The molecule has 1 aromatic heterocycles. The van der Waals surface area contributed by atoms with Gasteiger partial charge in [-0.3, -0.25) is 4.79 Å². The summed E-state index contributed by atoms with van der Waals surface area (Å²) in [6, 6.07) is 13.7. The first-order valence-corrected chi connectivity index (χ1v) is 6.45. The maximum absolute atomic E-state index is 11.9. The molecule has 2 rings (SSSR count). The summed E-state index contributed by atoms with van der Waals surface area (Å²) in [5, 5.41) is 2.84. The number of hydrogen-bond acceptors (Lipinski definition) is 2. The Balaban J connectivity index is 0.00000200. The van der Waals surface area contributed by atoms with Crippen LogP contribution in [0, 0.1) is 0 Å². The molecular weight excluding hydrogens is 274 g/mol. The summed E-state index contributed by atoms with van der Waals surface area (Å²) in [5.41, 5.74) is 8.22. The molecular formula is C15H20ClN3O. The highest BCUT2D eigenvalue weighted by atomic mass is 35.5. The second-order valence-electron chi connectivity index (χ2n) is 4.67. The number of halogens is 1. The predicted octanol–water partition coefficient (Wildman–Crippen LogP) is 2.57. The molecule has 0 radical (unpaired) electrons. The van der Waals surface area contributed by atoms with Crippen molar-refractivity contribution >= 4 is 18.3 Å². The number of H-pyrrole nitrogens is 1. The molecule has 0 fully saturated rings. The van der Waals surface area contributed by atoms with Crippen molar-refractivity contribution in [2.45, 2.75) is 19.4 Å². The minimum atomic E-state index is -0.0946. The molecule has 0 aliphatic heterocycles. The standard InChI is InChI=1S/C15H19N3O.ClH/c1-11(16)9-10-17-15(19)14-8-7-13(18-14)12-5-3-2-4-6-12;/h2-8,11,18H,9-10,16H2,1H3,(H,17,19);1H. The van der Waals surface area contributed by atoms with Gasteiger partial charge >= 0.3 is 0 Å². The zero-order valence-electron chi connectivity index (χ0n) is 11.4. The quantitative estimate of drug-likeness (QED) is 0.793. The zero-order valence-corrected chi connectivity index (χ0v) is 12.2. The van der Waals surface area contributed by atoms with Crippen LogP contribution in [-0.2, 0) is 0 Å². The maximum Gasteiger partial charge on any atom is 0.267 e. The molecule has 108 valence electrons. The van der Waals surface area contributed by atoms with E-state index in [1.807, 2.05) is 43.3 Å². The van der Waals surface area contributed by atoms with Crippen LogP contribution < -0.4 is 11.1 Å². The predicted molar refractivity (Wildman–Crippen MR) is 84.1 cm³/mol. The zero-order chi connectivity index (χ0) is 13.7. The second kappa shape index (κ2) is 7.72. The van der Waals surface area contributed by atoms with Crippen molar-refractivity contribution in [3.8, 4) is 11.3 Å². The van der Waals surface area contributed by atoms with Crippen molar-refractivity contribution < 1.29 is 4.79 Å². The minimum Gasteiger partial charge on any atom is -0.351 e. The Morgan fingerprint density at radius 1 is 1.25 bits per heavy atom. The normalized spacial score (nSPS) is 11.5. The lowest BCUT2D eigenvalue weighted by Gasteiger charge is -2.06. The highest BCUT2D eigenvalue weighted by Crippen LogP contribution is 2.17. The SMILES string of the molecule is CC(N)CCNC(=O)c1ccc(-c2ccccc2)[nH]1.Cl. The molecule has 0 bridgehead atoms. The molecule has 1 amide bonds. The number of nitrogens with two attached hydrogens (primary N) is 1. The smallest absolute Gasteiger partial charge is 0.267 e. The fraction of sp³-hybridized carbons (Fsp3) is 0.267. The van der Waals surface area contributed by atoms with Gasteiger partial charge in [-0.1, -0.05) is 30.3 Å². The van der Waals surface area contributed by atoms with E-state index >= 15 is 0 Å². The first kappa shape index (κ1) is 16.3. The van der Waals surface area contributed by atoms with Crippen LogP contribution in [-0.4, -0.2) is 23.5 Å². The molecule has 0 spiro atoms. The van der Waals surface area contributed by atoms with E-state index in [1.165, 1.54) is 0 Å². The van der Waals surface area contributed by atoms with Gasteiger partial charge in [0.2, 0.25) is 0 Å². The Hall–Kier alpha value is -1.78. The van der Waals surface area contributed by atoms with Gasteiger partial charge in [0, 0.05) is 18.3 Å². The van der Waals surface area contributed by atoms with E-state index < -0.39 is 0 Å². The summed E-state index contributed by atoms with van der Waals surface area (Å²) in [7, 11) is 0. The number of rotatable bonds is 5. The van der Waals surface area contributed by atoms with Gasteiger partial charge < -0.3 is 16.0 Å². The fourth-order valence-electron chi connectivity index (χ4n) is 1.82. The summed E-state index contributed by atoms with van der Waals surface area (Å²) in [6.07, 6.45) is 0.776. The van der Waals surface area contributed by atoms with Crippen LogP contribution in [0.1, 0.15) is 23.8 Å². The molecule has 1 heterocycles. The van der Waals surface area contributed by atoms with E-state index in [0.29, 0.717) is 12.2 Å². The summed E-state index contributed by atoms with van der Waals surface area (Å²) >= 11 is 0. The molecule has 0 aliphatic rings. The third-order valence-corrected chi connectivity index (χ3v) is 2.90. The van der Waals surface area contributed by atoms with Crippen LogP contribution >= 0.6 is 12.4 Å². The average molecular weight is 294 g/mol. The fourth-order valence-corrected chi connectivity index (χ4v) is 1.82. The number of aromatic nitrogens is 1. The number of hydrogen-bond donors (Lipinski definition) is 3. The van der Waals surface area contributed by atoms with E-state index in [4.69, 9.17) is 5.73 Å². The number of carbonyl (C=O) groups is 1. The van der Waals surface area contributed by atoms with Gasteiger partial charge in [0.15, 0.2) is 0 Å². The van der Waals surface area contributed by atoms with E-state index in [0.717, 1.165) is 17.7 Å².